The average Bonchev–Trinajstić information content (AvgIpc) is 1.97. The van der Waals surface area contributed by atoms with Crippen LogP contribution in [0.4, 0.5) is 0 Å². The largest absolute Gasteiger partial charge is 0.368 e. The van der Waals surface area contributed by atoms with E-state index in [9.17, 15) is 4.79 Å². The van der Waals surface area contributed by atoms with Crippen molar-refractivity contribution >= 4 is 11.9 Å². The van der Waals surface area contributed by atoms with E-state index in [1.54, 1.807) is 13.8 Å². The van der Waals surface area contributed by atoms with E-state index in [-0.39, 0.29) is 5.96 Å². The SMILES string of the molecule is CC1(C)C(=O)N=C(N)N1O. The third-order valence-electron chi connectivity index (χ3n) is 1.49. The molecule has 1 rings (SSSR count). The molecular formula is C5H9N3O2. The second-order valence-electron chi connectivity index (χ2n) is 2.65. The van der Waals surface area contributed by atoms with Crippen LogP contribution in [0.15, 0.2) is 4.99 Å². The first kappa shape index (κ1) is 7.01. The van der Waals surface area contributed by atoms with Crippen molar-refractivity contribution in [3.63, 3.8) is 0 Å². The minimum Gasteiger partial charge on any atom is -0.368 e. The van der Waals surface area contributed by atoms with Gasteiger partial charge < -0.3 is 5.73 Å². The van der Waals surface area contributed by atoms with Crippen LogP contribution in [0.1, 0.15) is 13.8 Å². The molecular weight excluding hydrogens is 134 g/mol. The summed E-state index contributed by atoms with van der Waals surface area (Å²) in [7, 11) is 0. The van der Waals surface area contributed by atoms with Crippen LogP contribution in [0, 0.1) is 0 Å². The summed E-state index contributed by atoms with van der Waals surface area (Å²) in [6, 6.07) is 0. The molecule has 0 aromatic heterocycles. The number of guanidine groups is 1. The van der Waals surface area contributed by atoms with Gasteiger partial charge in [0, 0.05) is 0 Å². The van der Waals surface area contributed by atoms with Crippen LogP contribution in [0.25, 0.3) is 0 Å². The monoisotopic (exact) mass is 143 g/mol. The lowest BCUT2D eigenvalue weighted by molar-refractivity contribution is -0.139. The lowest BCUT2D eigenvalue weighted by Gasteiger charge is -2.23. The van der Waals surface area contributed by atoms with Crippen molar-refractivity contribution in [3.8, 4) is 0 Å². The molecule has 1 aliphatic heterocycles. The van der Waals surface area contributed by atoms with E-state index in [0.717, 1.165) is 0 Å². The van der Waals surface area contributed by atoms with Crippen LogP contribution in [0.5, 0.6) is 0 Å². The molecule has 5 nitrogen and oxygen atoms in total. The topological polar surface area (TPSA) is 78.9 Å². The molecule has 56 valence electrons. The molecule has 5 heteroatoms. The van der Waals surface area contributed by atoms with Crippen LogP contribution in [0.3, 0.4) is 0 Å². The molecule has 10 heavy (non-hydrogen) atoms. The number of amides is 1. The number of carbonyl (C=O) groups is 1. The van der Waals surface area contributed by atoms with Gasteiger partial charge in [0.2, 0.25) is 5.96 Å². The van der Waals surface area contributed by atoms with Crippen molar-refractivity contribution in [1.29, 1.82) is 0 Å². The van der Waals surface area contributed by atoms with Crippen molar-refractivity contribution in [2.45, 2.75) is 19.4 Å². The van der Waals surface area contributed by atoms with E-state index in [2.05, 4.69) is 4.99 Å². The molecule has 0 saturated carbocycles. The molecule has 0 saturated heterocycles. The first-order valence-electron chi connectivity index (χ1n) is 2.84. The third kappa shape index (κ3) is 0.672. The predicted molar refractivity (Wildman–Crippen MR) is 34.3 cm³/mol. The molecule has 0 spiro atoms. The summed E-state index contributed by atoms with van der Waals surface area (Å²) in [6.45, 7) is 3.08. The number of nitrogens with two attached hydrogens (primary N) is 1. The Labute approximate surface area is 58.1 Å². The van der Waals surface area contributed by atoms with E-state index < -0.39 is 11.4 Å². The van der Waals surface area contributed by atoms with Gasteiger partial charge in [-0.05, 0) is 13.8 Å². The zero-order valence-corrected chi connectivity index (χ0v) is 5.83. The second kappa shape index (κ2) is 1.69. The van der Waals surface area contributed by atoms with Crippen molar-refractivity contribution in [1.82, 2.24) is 5.06 Å². The highest BCUT2D eigenvalue weighted by Gasteiger charge is 2.41. The summed E-state index contributed by atoms with van der Waals surface area (Å²) in [5, 5.41) is 9.71. The highest BCUT2D eigenvalue weighted by atomic mass is 16.5. The van der Waals surface area contributed by atoms with E-state index in [1.165, 1.54) is 0 Å². The molecule has 1 aliphatic rings. The normalized spacial score (nSPS) is 23.3. The molecule has 0 bridgehead atoms. The molecule has 1 amide bonds. The zero-order valence-electron chi connectivity index (χ0n) is 5.83. The Morgan fingerprint density at radius 1 is 1.70 bits per heavy atom. The molecule has 0 fully saturated rings. The molecule has 0 unspecified atom stereocenters. The number of hydrogen-bond donors (Lipinski definition) is 2. The van der Waals surface area contributed by atoms with Gasteiger partial charge in [0.15, 0.2) is 0 Å². The van der Waals surface area contributed by atoms with E-state index >= 15 is 0 Å². The van der Waals surface area contributed by atoms with Crippen molar-refractivity contribution in [2.75, 3.05) is 0 Å². The van der Waals surface area contributed by atoms with Gasteiger partial charge >= 0.3 is 0 Å². The molecule has 0 radical (unpaired) electrons. The van der Waals surface area contributed by atoms with Gasteiger partial charge in [0.05, 0.1) is 0 Å². The van der Waals surface area contributed by atoms with E-state index in [0.29, 0.717) is 5.06 Å². The summed E-state index contributed by atoms with van der Waals surface area (Å²) >= 11 is 0. The zero-order chi connectivity index (χ0) is 7.94. The molecule has 0 aromatic rings. The molecule has 0 atom stereocenters. The van der Waals surface area contributed by atoms with Gasteiger partial charge in [-0.15, -0.1) is 0 Å². The van der Waals surface area contributed by atoms with E-state index in [4.69, 9.17) is 10.9 Å². The molecule has 0 aliphatic carbocycles. The number of nitrogens with zero attached hydrogens (tertiary/aromatic N) is 2. The van der Waals surface area contributed by atoms with Crippen LogP contribution >= 0.6 is 0 Å². The maximum Gasteiger partial charge on any atom is 0.276 e. The van der Waals surface area contributed by atoms with Gasteiger partial charge in [0.25, 0.3) is 5.91 Å². The molecule has 3 N–H and O–H groups in total. The standard InChI is InChI=1S/C5H9N3O2/c1-5(2)3(9)7-4(6)8(5)10/h10H,1-2H3,(H2,6,7,9). The summed E-state index contributed by atoms with van der Waals surface area (Å²) in [5.41, 5.74) is 4.15. The Balaban J connectivity index is 2.98. The fraction of sp³-hybridized carbons (Fsp3) is 0.600. The maximum absolute atomic E-state index is 10.8. The Morgan fingerprint density at radius 2 is 2.20 bits per heavy atom. The third-order valence-corrected chi connectivity index (χ3v) is 1.49. The van der Waals surface area contributed by atoms with Gasteiger partial charge in [0.1, 0.15) is 5.54 Å². The first-order chi connectivity index (χ1) is 4.46. The summed E-state index contributed by atoms with van der Waals surface area (Å²) < 4.78 is 0. The number of carbonyl (C=O) groups excluding carboxylic acids is 1. The highest BCUT2D eigenvalue weighted by molar-refractivity contribution is 6.03. The van der Waals surface area contributed by atoms with Gasteiger partial charge in [-0.1, -0.05) is 0 Å². The molecule has 0 aromatic carbocycles. The Morgan fingerprint density at radius 3 is 2.30 bits per heavy atom. The quantitative estimate of drug-likeness (QED) is 0.470. The second-order valence-corrected chi connectivity index (χ2v) is 2.65. The number of rotatable bonds is 0. The van der Waals surface area contributed by atoms with Gasteiger partial charge in [-0.25, -0.2) is 5.06 Å². The van der Waals surface area contributed by atoms with Crippen LogP contribution < -0.4 is 5.73 Å². The lowest BCUT2D eigenvalue weighted by atomic mass is 10.1. The van der Waals surface area contributed by atoms with Gasteiger partial charge in [-0.2, -0.15) is 4.99 Å². The van der Waals surface area contributed by atoms with Gasteiger partial charge in [-0.3, -0.25) is 10.0 Å². The smallest absolute Gasteiger partial charge is 0.276 e. The van der Waals surface area contributed by atoms with Crippen LogP contribution in [0.2, 0.25) is 0 Å². The lowest BCUT2D eigenvalue weighted by Crippen LogP contribution is -2.46. The molecule has 1 heterocycles. The fourth-order valence-electron chi connectivity index (χ4n) is 0.665. The fourth-order valence-corrected chi connectivity index (χ4v) is 0.665. The predicted octanol–water partition coefficient (Wildman–Crippen LogP) is -0.689. The van der Waals surface area contributed by atoms with Crippen LogP contribution in [-0.2, 0) is 4.79 Å². The summed E-state index contributed by atoms with van der Waals surface area (Å²) in [5.74, 6) is -0.567. The maximum atomic E-state index is 10.8. The minimum atomic E-state index is -0.996. The Kier molecular flexibility index (Phi) is 1.19. The number of aliphatic imine (C=N–C) groups is 1. The van der Waals surface area contributed by atoms with Crippen molar-refractivity contribution in [2.24, 2.45) is 10.7 Å². The van der Waals surface area contributed by atoms with Crippen LogP contribution in [-0.4, -0.2) is 27.7 Å². The van der Waals surface area contributed by atoms with E-state index in [1.807, 2.05) is 0 Å². The number of hydroxylamine groups is 2. The first-order valence-corrected chi connectivity index (χ1v) is 2.84. The summed E-state index contributed by atoms with van der Waals surface area (Å²) in [4.78, 5) is 14.2. The Hall–Kier alpha value is -1.10. The average molecular weight is 143 g/mol. The Bertz CT molecular complexity index is 209. The number of hydrogen-bond acceptors (Lipinski definition) is 4. The summed E-state index contributed by atoms with van der Waals surface area (Å²) in [6.07, 6.45) is 0. The van der Waals surface area contributed by atoms with Crippen molar-refractivity contribution in [3.05, 3.63) is 0 Å². The highest BCUT2D eigenvalue weighted by Crippen LogP contribution is 2.18. The van der Waals surface area contributed by atoms with Crippen molar-refractivity contribution < 1.29 is 10.0 Å². The minimum absolute atomic E-state index is 0.144.